The highest BCUT2D eigenvalue weighted by molar-refractivity contribution is 7.91. The number of hydrogen-bond donors (Lipinski definition) is 3. The maximum Gasteiger partial charge on any atom is 0.294 e. The van der Waals surface area contributed by atoms with Crippen molar-refractivity contribution in [2.45, 2.75) is 35.0 Å². The standard InChI is InChI=1S/C16H18N2O6S2/c1-3-16(19)18-11-5-7-13(17)15(8-11)25(20,21)12-6-4-10(2)14(9-12)26(22,23)24/h4-9H,3,17H2,1-2H3,(H,18,19)(H,22,23,24). The largest absolute Gasteiger partial charge is 0.398 e. The fourth-order valence-corrected chi connectivity index (χ4v) is 4.51. The molecule has 26 heavy (non-hydrogen) atoms. The lowest BCUT2D eigenvalue weighted by Gasteiger charge is -2.12. The van der Waals surface area contributed by atoms with E-state index in [2.05, 4.69) is 5.32 Å². The second-order valence-electron chi connectivity index (χ2n) is 5.56. The second kappa shape index (κ2) is 7.06. The molecule has 1 amide bonds. The lowest BCUT2D eigenvalue weighted by molar-refractivity contribution is -0.115. The molecule has 2 rings (SSSR count). The van der Waals surface area contributed by atoms with E-state index in [1.807, 2.05) is 0 Å². The first-order valence-corrected chi connectivity index (χ1v) is 10.4. The summed E-state index contributed by atoms with van der Waals surface area (Å²) < 4.78 is 57.9. The van der Waals surface area contributed by atoms with Crippen molar-refractivity contribution in [1.29, 1.82) is 0 Å². The van der Waals surface area contributed by atoms with Crippen LogP contribution in [0.15, 0.2) is 51.1 Å². The molecule has 0 saturated carbocycles. The molecule has 0 aromatic heterocycles. The SMILES string of the molecule is CCC(=O)Nc1ccc(N)c(S(=O)(=O)c2ccc(C)c(S(=O)(=O)O)c2)c1. The van der Waals surface area contributed by atoms with E-state index in [0.717, 1.165) is 6.07 Å². The summed E-state index contributed by atoms with van der Waals surface area (Å²) in [5.41, 5.74) is 6.15. The number of anilines is 2. The van der Waals surface area contributed by atoms with Crippen LogP contribution in [-0.2, 0) is 24.7 Å². The number of nitrogens with one attached hydrogen (secondary N) is 1. The molecule has 0 aliphatic heterocycles. The number of carbonyl (C=O) groups is 1. The van der Waals surface area contributed by atoms with Gasteiger partial charge in [-0.25, -0.2) is 8.42 Å². The van der Waals surface area contributed by atoms with Crippen molar-refractivity contribution in [1.82, 2.24) is 0 Å². The van der Waals surface area contributed by atoms with E-state index >= 15 is 0 Å². The molecule has 2 aromatic carbocycles. The van der Waals surface area contributed by atoms with Crippen molar-refractivity contribution in [3.05, 3.63) is 42.0 Å². The Balaban J connectivity index is 2.61. The van der Waals surface area contributed by atoms with Crippen molar-refractivity contribution in [3.63, 3.8) is 0 Å². The Hall–Kier alpha value is -2.43. The Morgan fingerprint density at radius 3 is 2.31 bits per heavy atom. The van der Waals surface area contributed by atoms with Crippen molar-refractivity contribution >= 4 is 37.2 Å². The van der Waals surface area contributed by atoms with Gasteiger partial charge in [0.1, 0.15) is 0 Å². The van der Waals surface area contributed by atoms with E-state index < -0.39 is 24.9 Å². The van der Waals surface area contributed by atoms with Gasteiger partial charge < -0.3 is 11.1 Å². The van der Waals surface area contributed by atoms with Crippen LogP contribution in [0.25, 0.3) is 0 Å². The minimum atomic E-state index is -4.59. The Morgan fingerprint density at radius 2 is 1.73 bits per heavy atom. The highest BCUT2D eigenvalue weighted by atomic mass is 32.2. The van der Waals surface area contributed by atoms with E-state index in [1.165, 1.54) is 37.3 Å². The van der Waals surface area contributed by atoms with Crippen LogP contribution in [0, 0.1) is 6.92 Å². The summed E-state index contributed by atoms with van der Waals surface area (Å²) in [5, 5.41) is 2.53. The summed E-state index contributed by atoms with van der Waals surface area (Å²) in [5.74, 6) is -0.304. The fourth-order valence-electron chi connectivity index (χ4n) is 2.25. The Labute approximate surface area is 151 Å². The molecule has 0 aliphatic rings. The molecule has 0 spiro atoms. The van der Waals surface area contributed by atoms with Gasteiger partial charge in [0.15, 0.2) is 0 Å². The van der Waals surface area contributed by atoms with Crippen LogP contribution in [0.4, 0.5) is 11.4 Å². The van der Waals surface area contributed by atoms with E-state index in [4.69, 9.17) is 5.73 Å². The molecule has 10 heteroatoms. The van der Waals surface area contributed by atoms with Gasteiger partial charge in [-0.15, -0.1) is 0 Å². The zero-order valence-electron chi connectivity index (χ0n) is 14.1. The summed E-state index contributed by atoms with van der Waals surface area (Å²) in [6.45, 7) is 3.07. The normalized spacial score (nSPS) is 12.0. The Morgan fingerprint density at radius 1 is 1.08 bits per heavy atom. The average Bonchev–Trinajstić information content (AvgIpc) is 2.55. The van der Waals surface area contributed by atoms with E-state index in [0.29, 0.717) is 0 Å². The third kappa shape index (κ3) is 4.03. The van der Waals surface area contributed by atoms with Crippen molar-refractivity contribution in [2.75, 3.05) is 11.1 Å². The van der Waals surface area contributed by atoms with Crippen LogP contribution < -0.4 is 11.1 Å². The van der Waals surface area contributed by atoms with Gasteiger partial charge in [0, 0.05) is 12.1 Å². The molecule has 0 heterocycles. The third-order valence-corrected chi connectivity index (χ3v) is 6.46. The number of benzene rings is 2. The van der Waals surface area contributed by atoms with Gasteiger partial charge in [0.2, 0.25) is 15.7 Å². The number of nitrogens with two attached hydrogens (primary N) is 1. The van der Waals surface area contributed by atoms with Gasteiger partial charge in [-0.2, -0.15) is 8.42 Å². The van der Waals surface area contributed by atoms with E-state index in [9.17, 15) is 26.2 Å². The third-order valence-electron chi connectivity index (χ3n) is 3.66. The summed E-state index contributed by atoms with van der Waals surface area (Å²) in [6, 6.07) is 7.35. The van der Waals surface area contributed by atoms with Crippen molar-refractivity contribution < 1.29 is 26.2 Å². The number of hydrogen-bond acceptors (Lipinski definition) is 6. The van der Waals surface area contributed by atoms with E-state index in [-0.39, 0.29) is 39.1 Å². The first kappa shape index (κ1) is 19.9. The predicted octanol–water partition coefficient (Wildman–Crippen LogP) is 2.01. The molecule has 0 fully saturated rings. The number of aryl methyl sites for hydroxylation is 1. The Bertz CT molecular complexity index is 1080. The lowest BCUT2D eigenvalue weighted by atomic mass is 10.2. The quantitative estimate of drug-likeness (QED) is 0.516. The van der Waals surface area contributed by atoms with Crippen LogP contribution >= 0.6 is 0 Å². The zero-order chi connectivity index (χ0) is 19.7. The Kier molecular flexibility index (Phi) is 5.40. The average molecular weight is 398 g/mol. The van der Waals surface area contributed by atoms with E-state index in [1.54, 1.807) is 6.92 Å². The molecule has 0 bridgehead atoms. The van der Waals surface area contributed by atoms with Gasteiger partial charge in [-0.1, -0.05) is 13.0 Å². The molecule has 0 saturated heterocycles. The molecule has 4 N–H and O–H groups in total. The molecule has 0 unspecified atom stereocenters. The second-order valence-corrected chi connectivity index (χ2v) is 8.87. The molecule has 0 radical (unpaired) electrons. The fraction of sp³-hybridized carbons (Fsp3) is 0.188. The van der Waals surface area contributed by atoms with Crippen LogP contribution in [-0.4, -0.2) is 27.3 Å². The topological polar surface area (TPSA) is 144 Å². The summed E-state index contributed by atoms with van der Waals surface area (Å²) in [7, 11) is -8.77. The first-order chi connectivity index (χ1) is 12.0. The highest BCUT2D eigenvalue weighted by Crippen LogP contribution is 2.30. The minimum absolute atomic E-state index is 0.0616. The molecule has 2 aromatic rings. The zero-order valence-corrected chi connectivity index (χ0v) is 15.7. The van der Waals surface area contributed by atoms with Gasteiger partial charge in [0.25, 0.3) is 10.1 Å². The highest BCUT2D eigenvalue weighted by Gasteiger charge is 2.24. The lowest BCUT2D eigenvalue weighted by Crippen LogP contribution is -2.12. The maximum absolute atomic E-state index is 12.9. The predicted molar refractivity (Wildman–Crippen MR) is 96.2 cm³/mol. The van der Waals surface area contributed by atoms with Gasteiger partial charge in [-0.3, -0.25) is 9.35 Å². The smallest absolute Gasteiger partial charge is 0.294 e. The molecular weight excluding hydrogens is 380 g/mol. The number of carbonyl (C=O) groups excluding carboxylic acids is 1. The van der Waals surface area contributed by atoms with Gasteiger partial charge in [-0.05, 0) is 42.8 Å². The van der Waals surface area contributed by atoms with Crippen molar-refractivity contribution in [2.24, 2.45) is 0 Å². The summed E-state index contributed by atoms with van der Waals surface area (Å²) in [4.78, 5) is 10.4. The van der Waals surface area contributed by atoms with Crippen LogP contribution in [0.5, 0.6) is 0 Å². The summed E-state index contributed by atoms with van der Waals surface area (Å²) in [6.07, 6.45) is 0.210. The van der Waals surface area contributed by atoms with Crippen LogP contribution in [0.3, 0.4) is 0 Å². The number of rotatable bonds is 5. The van der Waals surface area contributed by atoms with Crippen LogP contribution in [0.2, 0.25) is 0 Å². The maximum atomic E-state index is 12.9. The van der Waals surface area contributed by atoms with Gasteiger partial charge >= 0.3 is 0 Å². The monoisotopic (exact) mass is 398 g/mol. The number of nitrogen functional groups attached to an aromatic ring is 1. The van der Waals surface area contributed by atoms with Crippen molar-refractivity contribution in [3.8, 4) is 0 Å². The molecule has 0 aliphatic carbocycles. The first-order valence-electron chi connectivity index (χ1n) is 7.49. The summed E-state index contributed by atoms with van der Waals surface area (Å²) >= 11 is 0. The molecule has 0 atom stereocenters. The minimum Gasteiger partial charge on any atom is -0.398 e. The molecule has 140 valence electrons. The van der Waals surface area contributed by atoms with Crippen LogP contribution in [0.1, 0.15) is 18.9 Å². The number of amides is 1. The number of sulfone groups is 1. The molecular formula is C16H18N2O6S2. The molecule has 8 nitrogen and oxygen atoms in total. The van der Waals surface area contributed by atoms with Gasteiger partial charge in [0.05, 0.1) is 20.4 Å².